The van der Waals surface area contributed by atoms with Gasteiger partial charge in [0.2, 0.25) is 0 Å². The minimum atomic E-state index is -0.538. The standard InChI is InChI=1S/C8H17N5O/c1-3-4-5(9)6(10)7(12-2)8(14)13-11/h3-4,9-11H2,1-2H3,(H,13,14). The monoisotopic (exact) mass is 199 g/mol. The largest absolute Gasteiger partial charge is 0.400 e. The van der Waals surface area contributed by atoms with Crippen LogP contribution in [-0.2, 0) is 4.79 Å². The molecule has 0 unspecified atom stereocenters. The number of hydrazine groups is 1. The van der Waals surface area contributed by atoms with Gasteiger partial charge in [0.15, 0.2) is 0 Å². The Balaban J connectivity index is 4.88. The molecule has 0 atom stereocenters. The predicted molar refractivity (Wildman–Crippen MR) is 56.0 cm³/mol. The molecule has 0 spiro atoms. The SMILES string of the molecule is CCCC(N)=C(N)C(=NC)C(=O)NN. The van der Waals surface area contributed by atoms with E-state index in [-0.39, 0.29) is 11.4 Å². The number of rotatable bonds is 4. The Bertz CT molecular complexity index is 269. The van der Waals surface area contributed by atoms with E-state index in [1.807, 2.05) is 12.3 Å². The van der Waals surface area contributed by atoms with Crippen molar-refractivity contribution in [3.63, 3.8) is 0 Å². The number of carbonyl (C=O) groups is 1. The smallest absolute Gasteiger partial charge is 0.285 e. The van der Waals surface area contributed by atoms with E-state index in [2.05, 4.69) is 4.99 Å². The average molecular weight is 199 g/mol. The van der Waals surface area contributed by atoms with Crippen molar-refractivity contribution < 1.29 is 4.79 Å². The molecule has 0 aromatic carbocycles. The van der Waals surface area contributed by atoms with E-state index in [9.17, 15) is 4.79 Å². The molecule has 0 saturated heterocycles. The molecule has 0 aliphatic carbocycles. The lowest BCUT2D eigenvalue weighted by molar-refractivity contribution is -0.114. The Labute approximate surface area is 83.2 Å². The van der Waals surface area contributed by atoms with Crippen LogP contribution in [0.5, 0.6) is 0 Å². The lowest BCUT2D eigenvalue weighted by Gasteiger charge is -2.07. The first-order valence-electron chi connectivity index (χ1n) is 4.30. The molecule has 80 valence electrons. The summed E-state index contributed by atoms with van der Waals surface area (Å²) in [5.41, 5.74) is 14.0. The van der Waals surface area contributed by atoms with Crippen LogP contribution >= 0.6 is 0 Å². The van der Waals surface area contributed by atoms with Crippen LogP contribution in [0.4, 0.5) is 0 Å². The van der Waals surface area contributed by atoms with Crippen LogP contribution in [0.1, 0.15) is 19.8 Å². The third-order valence-electron chi connectivity index (χ3n) is 1.69. The van der Waals surface area contributed by atoms with Crippen molar-refractivity contribution in [1.82, 2.24) is 5.43 Å². The van der Waals surface area contributed by atoms with E-state index >= 15 is 0 Å². The number of allylic oxidation sites excluding steroid dienone is 1. The summed E-state index contributed by atoms with van der Waals surface area (Å²) in [5, 5.41) is 0. The fourth-order valence-electron chi connectivity index (χ4n) is 0.969. The Morgan fingerprint density at radius 3 is 2.36 bits per heavy atom. The molecule has 7 N–H and O–H groups in total. The van der Waals surface area contributed by atoms with Crippen molar-refractivity contribution in [2.24, 2.45) is 22.3 Å². The first-order chi connectivity index (χ1) is 6.58. The molecule has 0 aromatic rings. The number of carbonyl (C=O) groups excluding carboxylic acids is 1. The third-order valence-corrected chi connectivity index (χ3v) is 1.69. The van der Waals surface area contributed by atoms with Crippen LogP contribution in [0, 0.1) is 0 Å². The zero-order valence-corrected chi connectivity index (χ0v) is 8.50. The molecule has 0 aliphatic rings. The first-order valence-corrected chi connectivity index (χ1v) is 4.30. The average Bonchev–Trinajstić information content (AvgIpc) is 2.18. The molecule has 0 heterocycles. The van der Waals surface area contributed by atoms with Gasteiger partial charge in [-0.05, 0) is 6.42 Å². The lowest BCUT2D eigenvalue weighted by Crippen LogP contribution is -2.39. The van der Waals surface area contributed by atoms with Gasteiger partial charge in [-0.3, -0.25) is 15.2 Å². The molecular formula is C8H17N5O. The molecule has 0 aliphatic heterocycles. The number of hydrogen-bond acceptors (Lipinski definition) is 5. The lowest BCUT2D eigenvalue weighted by atomic mass is 10.1. The quantitative estimate of drug-likeness (QED) is 0.200. The highest BCUT2D eigenvalue weighted by Crippen LogP contribution is 2.02. The molecular weight excluding hydrogens is 182 g/mol. The van der Waals surface area contributed by atoms with Crippen molar-refractivity contribution in [3.05, 3.63) is 11.4 Å². The van der Waals surface area contributed by atoms with Crippen LogP contribution in [0.25, 0.3) is 0 Å². The van der Waals surface area contributed by atoms with Gasteiger partial charge in [0, 0.05) is 12.7 Å². The van der Waals surface area contributed by atoms with E-state index in [4.69, 9.17) is 17.3 Å². The Kier molecular flexibility index (Phi) is 5.31. The van der Waals surface area contributed by atoms with Crippen LogP contribution in [0.15, 0.2) is 16.4 Å². The number of amides is 1. The van der Waals surface area contributed by atoms with Crippen molar-refractivity contribution in [2.45, 2.75) is 19.8 Å². The van der Waals surface area contributed by atoms with Gasteiger partial charge >= 0.3 is 0 Å². The van der Waals surface area contributed by atoms with Crippen molar-refractivity contribution in [1.29, 1.82) is 0 Å². The van der Waals surface area contributed by atoms with Gasteiger partial charge in [-0.15, -0.1) is 0 Å². The van der Waals surface area contributed by atoms with E-state index in [1.54, 1.807) is 0 Å². The zero-order chi connectivity index (χ0) is 11.1. The van der Waals surface area contributed by atoms with E-state index in [1.165, 1.54) is 7.05 Å². The minimum Gasteiger partial charge on any atom is -0.400 e. The molecule has 6 heteroatoms. The maximum absolute atomic E-state index is 11.2. The summed E-state index contributed by atoms with van der Waals surface area (Å²) >= 11 is 0. The van der Waals surface area contributed by atoms with Gasteiger partial charge in [-0.25, -0.2) is 5.84 Å². The van der Waals surface area contributed by atoms with Crippen LogP contribution < -0.4 is 22.7 Å². The van der Waals surface area contributed by atoms with E-state index < -0.39 is 5.91 Å². The number of nitrogens with zero attached hydrogens (tertiary/aromatic N) is 1. The summed E-state index contributed by atoms with van der Waals surface area (Å²) < 4.78 is 0. The number of nitrogens with two attached hydrogens (primary N) is 3. The Morgan fingerprint density at radius 1 is 1.43 bits per heavy atom. The van der Waals surface area contributed by atoms with Crippen LogP contribution in [0.3, 0.4) is 0 Å². The van der Waals surface area contributed by atoms with Gasteiger partial charge in [0.1, 0.15) is 5.71 Å². The van der Waals surface area contributed by atoms with Gasteiger partial charge in [-0.2, -0.15) is 0 Å². The molecule has 0 saturated carbocycles. The zero-order valence-electron chi connectivity index (χ0n) is 8.50. The van der Waals surface area contributed by atoms with Crippen molar-refractivity contribution in [3.8, 4) is 0 Å². The summed E-state index contributed by atoms with van der Waals surface area (Å²) in [5.74, 6) is 4.42. The Morgan fingerprint density at radius 2 is 2.00 bits per heavy atom. The first kappa shape index (κ1) is 12.4. The number of aliphatic imine (C=N–C) groups is 1. The second kappa shape index (κ2) is 5.98. The van der Waals surface area contributed by atoms with Gasteiger partial charge in [-0.1, -0.05) is 13.3 Å². The predicted octanol–water partition coefficient (Wildman–Crippen LogP) is -1.02. The molecule has 14 heavy (non-hydrogen) atoms. The van der Waals surface area contributed by atoms with E-state index in [0.717, 1.165) is 6.42 Å². The molecule has 0 bridgehead atoms. The van der Waals surface area contributed by atoms with Gasteiger partial charge < -0.3 is 11.5 Å². The molecule has 6 nitrogen and oxygen atoms in total. The molecule has 0 radical (unpaired) electrons. The fourth-order valence-corrected chi connectivity index (χ4v) is 0.969. The van der Waals surface area contributed by atoms with Gasteiger partial charge in [0.25, 0.3) is 5.91 Å². The van der Waals surface area contributed by atoms with Crippen LogP contribution in [0.2, 0.25) is 0 Å². The number of nitrogens with one attached hydrogen (secondary N) is 1. The summed E-state index contributed by atoms with van der Waals surface area (Å²) in [4.78, 5) is 14.9. The van der Waals surface area contributed by atoms with Crippen molar-refractivity contribution in [2.75, 3.05) is 7.05 Å². The van der Waals surface area contributed by atoms with Crippen molar-refractivity contribution >= 4 is 11.6 Å². The third kappa shape index (κ3) is 3.06. The highest BCUT2D eigenvalue weighted by molar-refractivity contribution is 6.45. The second-order valence-corrected chi connectivity index (χ2v) is 2.73. The maximum atomic E-state index is 11.2. The minimum absolute atomic E-state index is 0.0680. The maximum Gasteiger partial charge on any atom is 0.285 e. The van der Waals surface area contributed by atoms with Gasteiger partial charge in [0.05, 0.1) is 5.70 Å². The van der Waals surface area contributed by atoms with Crippen LogP contribution in [-0.4, -0.2) is 18.7 Å². The fraction of sp³-hybridized carbons (Fsp3) is 0.500. The summed E-state index contributed by atoms with van der Waals surface area (Å²) in [6.45, 7) is 1.96. The Hall–Kier alpha value is -1.56. The number of hydrogen-bond donors (Lipinski definition) is 4. The summed E-state index contributed by atoms with van der Waals surface area (Å²) in [6, 6.07) is 0. The highest BCUT2D eigenvalue weighted by atomic mass is 16.2. The molecule has 0 aromatic heterocycles. The topological polar surface area (TPSA) is 120 Å². The molecule has 0 fully saturated rings. The highest BCUT2D eigenvalue weighted by Gasteiger charge is 2.14. The summed E-state index contributed by atoms with van der Waals surface area (Å²) in [6.07, 6.45) is 1.48. The normalized spacial score (nSPS) is 13.5. The molecule has 0 rings (SSSR count). The molecule has 1 amide bonds. The second-order valence-electron chi connectivity index (χ2n) is 2.73. The summed E-state index contributed by atoms with van der Waals surface area (Å²) in [7, 11) is 1.46. The van der Waals surface area contributed by atoms with E-state index in [0.29, 0.717) is 12.1 Å².